The monoisotopic (exact) mass is 297 g/mol. The number of rotatable bonds is 5. The van der Waals surface area contributed by atoms with Crippen molar-refractivity contribution in [3.8, 4) is 5.75 Å². The van der Waals surface area contributed by atoms with Gasteiger partial charge in [0.15, 0.2) is 0 Å². The van der Waals surface area contributed by atoms with Crippen molar-refractivity contribution in [1.82, 2.24) is 5.32 Å². The highest BCUT2D eigenvalue weighted by molar-refractivity contribution is 5.35. The van der Waals surface area contributed by atoms with E-state index in [9.17, 15) is 5.11 Å². The van der Waals surface area contributed by atoms with Gasteiger partial charge in [0.25, 0.3) is 0 Å². The van der Waals surface area contributed by atoms with Gasteiger partial charge in [-0.1, -0.05) is 48.5 Å². The van der Waals surface area contributed by atoms with Crippen molar-refractivity contribution >= 4 is 0 Å². The van der Waals surface area contributed by atoms with Crippen LogP contribution in [-0.4, -0.2) is 23.8 Å². The summed E-state index contributed by atoms with van der Waals surface area (Å²) >= 11 is 0. The van der Waals surface area contributed by atoms with Gasteiger partial charge in [-0.15, -0.1) is 0 Å². The zero-order chi connectivity index (χ0) is 15.3. The molecular weight excluding hydrogens is 274 g/mol. The molecule has 0 aromatic heterocycles. The van der Waals surface area contributed by atoms with Gasteiger partial charge in [-0.3, -0.25) is 0 Å². The van der Waals surface area contributed by atoms with Crippen LogP contribution in [0.2, 0.25) is 0 Å². The number of benzene rings is 2. The van der Waals surface area contributed by atoms with Crippen molar-refractivity contribution in [2.75, 3.05) is 13.1 Å². The molecule has 0 aliphatic carbocycles. The van der Waals surface area contributed by atoms with Crippen LogP contribution in [0.1, 0.15) is 24.0 Å². The van der Waals surface area contributed by atoms with E-state index in [1.54, 1.807) is 0 Å². The topological polar surface area (TPSA) is 41.5 Å². The van der Waals surface area contributed by atoms with E-state index in [2.05, 4.69) is 23.5 Å². The summed E-state index contributed by atoms with van der Waals surface area (Å²) in [4.78, 5) is 0. The molecule has 1 saturated heterocycles. The van der Waals surface area contributed by atoms with Crippen LogP contribution in [0.15, 0.2) is 54.6 Å². The number of ether oxygens (including phenoxy) is 1. The Balaban J connectivity index is 1.69. The first-order chi connectivity index (χ1) is 10.8. The average molecular weight is 297 g/mol. The summed E-state index contributed by atoms with van der Waals surface area (Å²) in [5.74, 6) is 0.873. The molecule has 2 aromatic carbocycles. The molecule has 1 fully saturated rings. The van der Waals surface area contributed by atoms with E-state index in [0.717, 1.165) is 42.8 Å². The van der Waals surface area contributed by atoms with Gasteiger partial charge in [0.2, 0.25) is 0 Å². The molecule has 3 heteroatoms. The lowest BCUT2D eigenvalue weighted by molar-refractivity contribution is 0.0102. The van der Waals surface area contributed by atoms with Gasteiger partial charge < -0.3 is 15.2 Å². The highest BCUT2D eigenvalue weighted by atomic mass is 16.5. The minimum Gasteiger partial charge on any atom is -0.489 e. The first-order valence-electron chi connectivity index (χ1n) is 7.93. The molecule has 0 spiro atoms. The van der Waals surface area contributed by atoms with E-state index < -0.39 is 5.60 Å². The van der Waals surface area contributed by atoms with Gasteiger partial charge in [-0.25, -0.2) is 0 Å². The lowest BCUT2D eigenvalue weighted by Gasteiger charge is -2.33. The molecule has 116 valence electrons. The molecule has 0 unspecified atom stereocenters. The smallest absolute Gasteiger partial charge is 0.123 e. The molecule has 3 nitrogen and oxygen atoms in total. The fraction of sp³-hybridized carbons (Fsp3) is 0.368. The van der Waals surface area contributed by atoms with Gasteiger partial charge >= 0.3 is 0 Å². The first-order valence-corrected chi connectivity index (χ1v) is 7.93. The molecule has 2 N–H and O–H groups in total. The van der Waals surface area contributed by atoms with E-state index in [4.69, 9.17) is 4.74 Å². The Morgan fingerprint density at radius 2 is 1.64 bits per heavy atom. The van der Waals surface area contributed by atoms with Gasteiger partial charge in [0.1, 0.15) is 12.4 Å². The summed E-state index contributed by atoms with van der Waals surface area (Å²) in [6.07, 6.45) is 2.24. The third-order valence-corrected chi connectivity index (χ3v) is 4.26. The van der Waals surface area contributed by atoms with Crippen LogP contribution < -0.4 is 10.1 Å². The van der Waals surface area contributed by atoms with Gasteiger partial charge in [-0.05, 0) is 43.1 Å². The largest absolute Gasteiger partial charge is 0.489 e. The summed E-state index contributed by atoms with van der Waals surface area (Å²) < 4.78 is 5.98. The Morgan fingerprint density at radius 1 is 0.955 bits per heavy atom. The molecule has 3 rings (SSSR count). The molecule has 1 aliphatic rings. The van der Waals surface area contributed by atoms with Crippen LogP contribution in [0.4, 0.5) is 0 Å². The molecule has 1 heterocycles. The maximum atomic E-state index is 10.7. The molecular formula is C19H23NO2. The SMILES string of the molecule is OC1(Cc2ccccc2OCc2ccccc2)CCNCC1. The standard InChI is InChI=1S/C19H23NO2/c21-19(10-12-20-13-11-19)14-17-8-4-5-9-18(17)22-15-16-6-2-1-3-7-16/h1-9,20-21H,10-15H2. The van der Waals surface area contributed by atoms with Gasteiger partial charge in [0.05, 0.1) is 5.60 Å². The number of hydrogen-bond donors (Lipinski definition) is 2. The van der Waals surface area contributed by atoms with Crippen LogP contribution in [0.25, 0.3) is 0 Å². The zero-order valence-electron chi connectivity index (χ0n) is 12.8. The maximum Gasteiger partial charge on any atom is 0.123 e. The minimum absolute atomic E-state index is 0.553. The Morgan fingerprint density at radius 3 is 2.41 bits per heavy atom. The Hall–Kier alpha value is -1.84. The summed E-state index contributed by atoms with van der Waals surface area (Å²) in [7, 11) is 0. The Kier molecular flexibility index (Phi) is 4.76. The molecule has 2 aromatic rings. The highest BCUT2D eigenvalue weighted by Crippen LogP contribution is 2.28. The van der Waals surface area contributed by atoms with Crippen LogP contribution in [-0.2, 0) is 13.0 Å². The van der Waals surface area contributed by atoms with Crippen molar-refractivity contribution in [2.45, 2.75) is 31.5 Å². The Labute approximate surface area is 131 Å². The second-order valence-electron chi connectivity index (χ2n) is 6.03. The summed E-state index contributed by atoms with van der Waals surface area (Å²) in [6.45, 7) is 2.31. The quantitative estimate of drug-likeness (QED) is 0.891. The highest BCUT2D eigenvalue weighted by Gasteiger charge is 2.30. The van der Waals surface area contributed by atoms with E-state index in [-0.39, 0.29) is 0 Å². The zero-order valence-corrected chi connectivity index (χ0v) is 12.8. The van der Waals surface area contributed by atoms with Crippen molar-refractivity contribution in [3.63, 3.8) is 0 Å². The van der Waals surface area contributed by atoms with E-state index in [0.29, 0.717) is 13.0 Å². The number of piperidine rings is 1. The number of hydrogen-bond acceptors (Lipinski definition) is 3. The fourth-order valence-electron chi connectivity index (χ4n) is 2.95. The molecule has 0 radical (unpaired) electrons. The lowest BCUT2D eigenvalue weighted by atomic mass is 9.86. The third kappa shape index (κ3) is 3.87. The first kappa shape index (κ1) is 15.1. The van der Waals surface area contributed by atoms with Crippen LogP contribution in [0, 0.1) is 0 Å². The van der Waals surface area contributed by atoms with E-state index in [1.165, 1.54) is 0 Å². The van der Waals surface area contributed by atoms with Gasteiger partial charge in [-0.2, -0.15) is 0 Å². The number of aliphatic hydroxyl groups is 1. The van der Waals surface area contributed by atoms with Crippen molar-refractivity contribution in [2.24, 2.45) is 0 Å². The van der Waals surface area contributed by atoms with Gasteiger partial charge in [0, 0.05) is 6.42 Å². The summed E-state index contributed by atoms with van der Waals surface area (Å²) in [5, 5.41) is 14.0. The summed E-state index contributed by atoms with van der Waals surface area (Å²) in [5.41, 5.74) is 1.62. The third-order valence-electron chi connectivity index (χ3n) is 4.26. The molecule has 0 atom stereocenters. The molecule has 0 bridgehead atoms. The van der Waals surface area contributed by atoms with E-state index in [1.807, 2.05) is 36.4 Å². The molecule has 22 heavy (non-hydrogen) atoms. The molecule has 0 saturated carbocycles. The predicted octanol–water partition coefficient (Wildman–Crippen LogP) is 2.92. The molecule has 1 aliphatic heterocycles. The normalized spacial score (nSPS) is 17.1. The van der Waals surface area contributed by atoms with Crippen LogP contribution in [0.5, 0.6) is 5.75 Å². The minimum atomic E-state index is -0.614. The van der Waals surface area contributed by atoms with Crippen LogP contribution in [0.3, 0.4) is 0 Å². The van der Waals surface area contributed by atoms with Crippen molar-refractivity contribution < 1.29 is 9.84 Å². The number of para-hydroxylation sites is 1. The Bertz CT molecular complexity index is 591. The second-order valence-corrected chi connectivity index (χ2v) is 6.03. The summed E-state index contributed by atoms with van der Waals surface area (Å²) in [6, 6.07) is 18.2. The van der Waals surface area contributed by atoms with E-state index >= 15 is 0 Å². The number of nitrogens with one attached hydrogen (secondary N) is 1. The van der Waals surface area contributed by atoms with Crippen LogP contribution >= 0.6 is 0 Å². The predicted molar refractivity (Wildman–Crippen MR) is 88.0 cm³/mol. The fourth-order valence-corrected chi connectivity index (χ4v) is 2.95. The lowest BCUT2D eigenvalue weighted by Crippen LogP contribution is -2.43. The van der Waals surface area contributed by atoms with Crippen molar-refractivity contribution in [1.29, 1.82) is 0 Å². The van der Waals surface area contributed by atoms with Crippen molar-refractivity contribution in [3.05, 3.63) is 65.7 Å². The maximum absolute atomic E-state index is 10.7. The average Bonchev–Trinajstić information content (AvgIpc) is 2.55. The second kappa shape index (κ2) is 6.95. The molecule has 0 amide bonds.